The molecule has 0 saturated heterocycles. The van der Waals surface area contributed by atoms with Crippen molar-refractivity contribution in [3.05, 3.63) is 29.8 Å². The molecule has 106 valence electrons. The summed E-state index contributed by atoms with van der Waals surface area (Å²) in [5.74, 6) is 0.0503. The number of carbonyl (C=O) groups is 1. The molecule has 0 heterocycles. The minimum atomic E-state index is 0.0503. The van der Waals surface area contributed by atoms with Gasteiger partial charge < -0.3 is 10.6 Å². The number of rotatable bonds is 8. The molecule has 19 heavy (non-hydrogen) atoms. The van der Waals surface area contributed by atoms with E-state index in [0.717, 1.165) is 25.3 Å². The van der Waals surface area contributed by atoms with E-state index in [2.05, 4.69) is 41.5 Å². The highest BCUT2D eigenvalue weighted by molar-refractivity contribution is 5.90. The number of benzene rings is 1. The van der Waals surface area contributed by atoms with Gasteiger partial charge in [-0.15, -0.1) is 0 Å². The molecule has 2 N–H and O–H groups in total. The van der Waals surface area contributed by atoms with Crippen LogP contribution >= 0.6 is 0 Å². The molecule has 1 amide bonds. The Hall–Kier alpha value is -1.39. The third kappa shape index (κ3) is 5.85. The van der Waals surface area contributed by atoms with Gasteiger partial charge in [0.1, 0.15) is 0 Å². The zero-order chi connectivity index (χ0) is 14.1. The maximum absolute atomic E-state index is 11.7. The maximum Gasteiger partial charge on any atom is 0.225 e. The monoisotopic (exact) mass is 263 g/mol. The van der Waals surface area contributed by atoms with E-state index in [-0.39, 0.29) is 5.91 Å². The van der Waals surface area contributed by atoms with Gasteiger partial charge in [-0.2, -0.15) is 0 Å². The van der Waals surface area contributed by atoms with Gasteiger partial charge >= 0.3 is 0 Å². The zero-order valence-corrected chi connectivity index (χ0v) is 12.2. The molecular weight excluding hydrogens is 238 g/mol. The average molecular weight is 263 g/mol. The summed E-state index contributed by atoms with van der Waals surface area (Å²) in [4.78, 5) is 14.0. The van der Waals surface area contributed by atoms with Crippen molar-refractivity contribution in [1.82, 2.24) is 10.2 Å². The number of hydrogen-bond acceptors (Lipinski definition) is 3. The fourth-order valence-corrected chi connectivity index (χ4v) is 1.91. The predicted octanol–water partition coefficient (Wildman–Crippen LogP) is 2.08. The van der Waals surface area contributed by atoms with Gasteiger partial charge in [0.2, 0.25) is 5.91 Å². The van der Waals surface area contributed by atoms with Gasteiger partial charge in [-0.3, -0.25) is 9.69 Å². The number of amides is 1. The largest absolute Gasteiger partial charge is 0.326 e. The molecule has 0 aliphatic rings. The Morgan fingerprint density at radius 3 is 2.63 bits per heavy atom. The first-order valence-corrected chi connectivity index (χ1v) is 6.95. The van der Waals surface area contributed by atoms with Gasteiger partial charge in [-0.05, 0) is 37.8 Å². The Morgan fingerprint density at radius 2 is 2.00 bits per heavy atom. The normalized spacial score (nSPS) is 10.7. The van der Waals surface area contributed by atoms with E-state index >= 15 is 0 Å². The quantitative estimate of drug-likeness (QED) is 0.755. The van der Waals surface area contributed by atoms with E-state index in [1.54, 1.807) is 0 Å². The third-order valence-electron chi connectivity index (χ3n) is 3.11. The second-order valence-corrected chi connectivity index (χ2v) is 4.56. The van der Waals surface area contributed by atoms with Crippen molar-refractivity contribution in [1.29, 1.82) is 0 Å². The van der Waals surface area contributed by atoms with Crippen molar-refractivity contribution in [2.24, 2.45) is 0 Å². The molecule has 0 aliphatic carbocycles. The van der Waals surface area contributed by atoms with E-state index in [9.17, 15) is 4.79 Å². The smallest absolute Gasteiger partial charge is 0.225 e. The molecule has 4 heteroatoms. The molecular formula is C15H25N3O. The predicted molar refractivity (Wildman–Crippen MR) is 80.2 cm³/mol. The Morgan fingerprint density at radius 1 is 1.26 bits per heavy atom. The number of hydrogen-bond donors (Lipinski definition) is 2. The van der Waals surface area contributed by atoms with E-state index in [1.807, 2.05) is 19.2 Å². The molecule has 0 aliphatic heterocycles. The molecule has 0 fully saturated rings. The molecule has 0 aromatic heterocycles. The second-order valence-electron chi connectivity index (χ2n) is 4.56. The molecule has 0 radical (unpaired) electrons. The van der Waals surface area contributed by atoms with Crippen LogP contribution in [0.25, 0.3) is 0 Å². The highest BCUT2D eigenvalue weighted by atomic mass is 16.1. The van der Waals surface area contributed by atoms with Crippen molar-refractivity contribution < 1.29 is 4.79 Å². The van der Waals surface area contributed by atoms with Crippen LogP contribution < -0.4 is 10.6 Å². The number of nitrogens with zero attached hydrogens (tertiary/aromatic N) is 1. The Labute approximate surface area is 116 Å². The van der Waals surface area contributed by atoms with Crippen molar-refractivity contribution in [3.8, 4) is 0 Å². The minimum Gasteiger partial charge on any atom is -0.326 e. The lowest BCUT2D eigenvalue weighted by Crippen LogP contribution is -2.22. The fraction of sp³-hybridized carbons (Fsp3) is 0.533. The lowest BCUT2D eigenvalue weighted by Gasteiger charge is -2.18. The Balaban J connectivity index is 2.58. The molecule has 0 unspecified atom stereocenters. The summed E-state index contributed by atoms with van der Waals surface area (Å²) in [5, 5.41) is 5.90. The SMILES string of the molecule is CCN(CC)Cc1cccc(NC(=O)CCNC)c1. The summed E-state index contributed by atoms with van der Waals surface area (Å²) in [5.41, 5.74) is 2.11. The lowest BCUT2D eigenvalue weighted by molar-refractivity contribution is -0.116. The highest BCUT2D eigenvalue weighted by Crippen LogP contribution is 2.13. The van der Waals surface area contributed by atoms with E-state index in [0.29, 0.717) is 13.0 Å². The van der Waals surface area contributed by atoms with E-state index in [4.69, 9.17) is 0 Å². The van der Waals surface area contributed by atoms with Gasteiger partial charge in [-0.1, -0.05) is 26.0 Å². The van der Waals surface area contributed by atoms with Gasteiger partial charge in [-0.25, -0.2) is 0 Å². The van der Waals surface area contributed by atoms with Gasteiger partial charge in [0, 0.05) is 25.2 Å². The number of nitrogens with one attached hydrogen (secondary N) is 2. The van der Waals surface area contributed by atoms with Crippen LogP contribution in [0, 0.1) is 0 Å². The van der Waals surface area contributed by atoms with Crippen LogP contribution in [-0.2, 0) is 11.3 Å². The molecule has 1 rings (SSSR count). The van der Waals surface area contributed by atoms with Crippen LogP contribution in [0.1, 0.15) is 25.8 Å². The summed E-state index contributed by atoms with van der Waals surface area (Å²) in [6.45, 7) is 8.02. The molecule has 0 bridgehead atoms. The highest BCUT2D eigenvalue weighted by Gasteiger charge is 2.04. The van der Waals surface area contributed by atoms with Crippen LogP contribution in [-0.4, -0.2) is 37.5 Å². The van der Waals surface area contributed by atoms with Gasteiger partial charge in [0.15, 0.2) is 0 Å². The van der Waals surface area contributed by atoms with E-state index in [1.165, 1.54) is 5.56 Å². The Bertz CT molecular complexity index is 389. The molecule has 0 spiro atoms. The summed E-state index contributed by atoms with van der Waals surface area (Å²) >= 11 is 0. The van der Waals surface area contributed by atoms with Gasteiger partial charge in [0.25, 0.3) is 0 Å². The summed E-state index contributed by atoms with van der Waals surface area (Å²) in [6.07, 6.45) is 0.497. The van der Waals surface area contributed by atoms with Crippen LogP contribution in [0.4, 0.5) is 5.69 Å². The molecule has 0 saturated carbocycles. The lowest BCUT2D eigenvalue weighted by atomic mass is 10.2. The molecule has 1 aromatic carbocycles. The zero-order valence-electron chi connectivity index (χ0n) is 12.2. The molecule has 0 atom stereocenters. The van der Waals surface area contributed by atoms with E-state index < -0.39 is 0 Å². The summed E-state index contributed by atoms with van der Waals surface area (Å²) < 4.78 is 0. The van der Waals surface area contributed by atoms with Crippen LogP contribution in [0.15, 0.2) is 24.3 Å². The third-order valence-corrected chi connectivity index (χ3v) is 3.11. The van der Waals surface area contributed by atoms with Crippen LogP contribution in [0.2, 0.25) is 0 Å². The van der Waals surface area contributed by atoms with Crippen molar-refractivity contribution in [3.63, 3.8) is 0 Å². The minimum absolute atomic E-state index is 0.0503. The summed E-state index contributed by atoms with van der Waals surface area (Å²) in [6, 6.07) is 8.08. The molecule has 4 nitrogen and oxygen atoms in total. The second kappa shape index (κ2) is 8.67. The first kappa shape index (κ1) is 15.7. The van der Waals surface area contributed by atoms with Crippen LogP contribution in [0.3, 0.4) is 0 Å². The van der Waals surface area contributed by atoms with Crippen molar-refractivity contribution >= 4 is 11.6 Å². The Kier molecular flexibility index (Phi) is 7.15. The van der Waals surface area contributed by atoms with Crippen molar-refractivity contribution in [2.45, 2.75) is 26.8 Å². The fourth-order valence-electron chi connectivity index (χ4n) is 1.91. The van der Waals surface area contributed by atoms with Crippen LogP contribution in [0.5, 0.6) is 0 Å². The maximum atomic E-state index is 11.7. The first-order chi connectivity index (χ1) is 9.19. The topological polar surface area (TPSA) is 44.4 Å². The number of anilines is 1. The molecule has 1 aromatic rings. The van der Waals surface area contributed by atoms with Gasteiger partial charge in [0.05, 0.1) is 0 Å². The standard InChI is InChI=1S/C15H25N3O/c1-4-18(5-2)12-13-7-6-8-14(11-13)17-15(19)9-10-16-3/h6-8,11,16H,4-5,9-10,12H2,1-3H3,(H,17,19). The number of carbonyl (C=O) groups excluding carboxylic acids is 1. The average Bonchev–Trinajstić information content (AvgIpc) is 2.43. The van der Waals surface area contributed by atoms with Crippen molar-refractivity contribution in [2.75, 3.05) is 32.0 Å². The first-order valence-electron chi connectivity index (χ1n) is 6.95. The summed E-state index contributed by atoms with van der Waals surface area (Å²) in [7, 11) is 1.85.